The Bertz CT molecular complexity index is 297. The highest BCUT2D eigenvalue weighted by atomic mass is 32.1. The minimum atomic E-state index is 0.431. The summed E-state index contributed by atoms with van der Waals surface area (Å²) < 4.78 is 0. The maximum Gasteiger partial charge on any atom is 0.133 e. The van der Waals surface area contributed by atoms with Gasteiger partial charge in [-0.15, -0.1) is 11.3 Å². The van der Waals surface area contributed by atoms with Crippen LogP contribution < -0.4 is 4.90 Å². The quantitative estimate of drug-likeness (QED) is 0.746. The van der Waals surface area contributed by atoms with Crippen LogP contribution in [0.25, 0.3) is 0 Å². The molecule has 0 atom stereocenters. The number of Topliss-reactive ketones (excluding diaryl/α,β-unsaturated/α-hetero) is 1. The second-order valence-electron chi connectivity index (χ2n) is 3.83. The van der Waals surface area contributed by atoms with Crippen molar-refractivity contribution in [1.29, 1.82) is 0 Å². The minimum absolute atomic E-state index is 0.431. The molecule has 0 N–H and O–H groups in total. The van der Waals surface area contributed by atoms with Crippen LogP contribution >= 0.6 is 11.3 Å². The molecular formula is C11H15NOS. The number of rotatable bonds is 2. The second-order valence-corrected chi connectivity index (χ2v) is 4.76. The standard InChI is InChI=1S/C11H15NOS/c1-12(11-3-2-8-14-11)9-4-6-10(13)7-5-9/h2-3,8-9H,4-7H2,1H3. The first-order chi connectivity index (χ1) is 6.77. The number of carbonyl (C=O) groups excluding carboxylic acids is 1. The van der Waals surface area contributed by atoms with Gasteiger partial charge in [-0.3, -0.25) is 4.79 Å². The van der Waals surface area contributed by atoms with Crippen LogP contribution in [0.2, 0.25) is 0 Å². The van der Waals surface area contributed by atoms with E-state index in [-0.39, 0.29) is 0 Å². The fourth-order valence-electron chi connectivity index (χ4n) is 1.96. The van der Waals surface area contributed by atoms with E-state index in [0.717, 1.165) is 25.7 Å². The first-order valence-electron chi connectivity index (χ1n) is 5.05. The molecule has 0 saturated heterocycles. The van der Waals surface area contributed by atoms with Crippen LogP contribution in [0.4, 0.5) is 5.00 Å². The summed E-state index contributed by atoms with van der Waals surface area (Å²) in [6.07, 6.45) is 3.57. The molecule has 0 spiro atoms. The third kappa shape index (κ3) is 1.98. The molecule has 1 saturated carbocycles. The number of hydrogen-bond acceptors (Lipinski definition) is 3. The van der Waals surface area contributed by atoms with Crippen molar-refractivity contribution in [3.05, 3.63) is 17.5 Å². The molecule has 0 amide bonds. The van der Waals surface area contributed by atoms with Crippen molar-refractivity contribution in [2.45, 2.75) is 31.7 Å². The van der Waals surface area contributed by atoms with Gasteiger partial charge >= 0.3 is 0 Å². The Morgan fingerprint density at radius 2 is 2.14 bits per heavy atom. The van der Waals surface area contributed by atoms with Gasteiger partial charge in [0.1, 0.15) is 5.78 Å². The van der Waals surface area contributed by atoms with E-state index in [0.29, 0.717) is 11.8 Å². The molecule has 2 rings (SSSR count). The average Bonchev–Trinajstić information content (AvgIpc) is 2.71. The van der Waals surface area contributed by atoms with E-state index in [9.17, 15) is 4.79 Å². The topological polar surface area (TPSA) is 20.3 Å². The van der Waals surface area contributed by atoms with Crippen molar-refractivity contribution in [3.63, 3.8) is 0 Å². The van der Waals surface area contributed by atoms with Gasteiger partial charge in [-0.25, -0.2) is 0 Å². The lowest BCUT2D eigenvalue weighted by atomic mass is 9.93. The molecule has 0 aromatic carbocycles. The first-order valence-corrected chi connectivity index (χ1v) is 5.93. The minimum Gasteiger partial charge on any atom is -0.364 e. The van der Waals surface area contributed by atoms with Crippen molar-refractivity contribution in [1.82, 2.24) is 0 Å². The lowest BCUT2D eigenvalue weighted by Gasteiger charge is -2.31. The number of carbonyl (C=O) groups is 1. The summed E-state index contributed by atoms with van der Waals surface area (Å²) in [4.78, 5) is 13.4. The van der Waals surface area contributed by atoms with Crippen molar-refractivity contribution >= 4 is 22.1 Å². The summed E-state index contributed by atoms with van der Waals surface area (Å²) in [6.45, 7) is 0. The highest BCUT2D eigenvalue weighted by Gasteiger charge is 2.22. The van der Waals surface area contributed by atoms with Gasteiger partial charge < -0.3 is 4.90 Å². The Balaban J connectivity index is 1.99. The number of nitrogens with zero attached hydrogens (tertiary/aromatic N) is 1. The monoisotopic (exact) mass is 209 g/mol. The zero-order valence-electron chi connectivity index (χ0n) is 8.40. The van der Waals surface area contributed by atoms with Crippen LogP contribution in [0.5, 0.6) is 0 Å². The Morgan fingerprint density at radius 1 is 1.43 bits per heavy atom. The van der Waals surface area contributed by atoms with Gasteiger partial charge in [0.25, 0.3) is 0 Å². The van der Waals surface area contributed by atoms with E-state index in [1.807, 2.05) is 0 Å². The molecule has 1 fully saturated rings. The molecule has 14 heavy (non-hydrogen) atoms. The normalized spacial score (nSPS) is 18.5. The van der Waals surface area contributed by atoms with E-state index in [4.69, 9.17) is 0 Å². The van der Waals surface area contributed by atoms with E-state index >= 15 is 0 Å². The molecule has 1 aromatic rings. The smallest absolute Gasteiger partial charge is 0.133 e. The number of thiophene rings is 1. The number of ketones is 1. The lowest BCUT2D eigenvalue weighted by molar-refractivity contribution is -0.120. The van der Waals surface area contributed by atoms with Gasteiger partial charge in [0.2, 0.25) is 0 Å². The van der Waals surface area contributed by atoms with Gasteiger partial charge in [-0.2, -0.15) is 0 Å². The Labute approximate surface area is 88.5 Å². The van der Waals surface area contributed by atoms with Gasteiger partial charge in [-0.05, 0) is 30.4 Å². The molecule has 0 radical (unpaired) electrons. The molecule has 2 nitrogen and oxygen atoms in total. The third-order valence-corrected chi connectivity index (χ3v) is 3.87. The molecule has 1 aliphatic rings. The summed E-state index contributed by atoms with van der Waals surface area (Å²) in [6, 6.07) is 4.78. The van der Waals surface area contributed by atoms with Crippen LogP contribution in [0.1, 0.15) is 25.7 Å². The summed E-state index contributed by atoms with van der Waals surface area (Å²) in [5, 5.41) is 3.41. The molecule has 0 bridgehead atoms. The SMILES string of the molecule is CN(c1cccs1)C1CCC(=O)CC1. The second kappa shape index (κ2) is 4.13. The van der Waals surface area contributed by atoms with Gasteiger partial charge in [0.15, 0.2) is 0 Å². The predicted molar refractivity (Wildman–Crippen MR) is 60.0 cm³/mol. The van der Waals surface area contributed by atoms with Gasteiger partial charge in [0, 0.05) is 25.9 Å². The summed E-state index contributed by atoms with van der Waals surface area (Å²) in [5.74, 6) is 0.431. The van der Waals surface area contributed by atoms with Crippen LogP contribution in [-0.4, -0.2) is 18.9 Å². The van der Waals surface area contributed by atoms with E-state index in [1.165, 1.54) is 5.00 Å². The molecule has 1 aliphatic carbocycles. The van der Waals surface area contributed by atoms with Crippen LogP contribution in [-0.2, 0) is 4.79 Å². The maximum atomic E-state index is 11.1. The van der Waals surface area contributed by atoms with Gasteiger partial charge in [-0.1, -0.05) is 0 Å². The molecule has 3 heteroatoms. The van der Waals surface area contributed by atoms with E-state index in [2.05, 4.69) is 29.5 Å². The zero-order chi connectivity index (χ0) is 9.97. The van der Waals surface area contributed by atoms with E-state index < -0.39 is 0 Å². The molecule has 1 aromatic heterocycles. The van der Waals surface area contributed by atoms with Crippen LogP contribution in [0, 0.1) is 0 Å². The van der Waals surface area contributed by atoms with Crippen molar-refractivity contribution in [2.75, 3.05) is 11.9 Å². The summed E-state index contributed by atoms with van der Waals surface area (Å²) in [5.41, 5.74) is 0. The Hall–Kier alpha value is -0.830. The van der Waals surface area contributed by atoms with Crippen molar-refractivity contribution in [2.24, 2.45) is 0 Å². The zero-order valence-corrected chi connectivity index (χ0v) is 9.22. The molecule has 0 unspecified atom stereocenters. The number of anilines is 1. The highest BCUT2D eigenvalue weighted by Crippen LogP contribution is 2.27. The highest BCUT2D eigenvalue weighted by molar-refractivity contribution is 7.14. The van der Waals surface area contributed by atoms with E-state index in [1.54, 1.807) is 11.3 Å². The third-order valence-electron chi connectivity index (χ3n) is 2.91. The van der Waals surface area contributed by atoms with Crippen molar-refractivity contribution < 1.29 is 4.79 Å². The van der Waals surface area contributed by atoms with Gasteiger partial charge in [0.05, 0.1) is 5.00 Å². The number of hydrogen-bond donors (Lipinski definition) is 0. The van der Waals surface area contributed by atoms with Crippen LogP contribution in [0.15, 0.2) is 17.5 Å². The fourth-order valence-corrected chi connectivity index (χ4v) is 2.73. The largest absolute Gasteiger partial charge is 0.364 e. The molecule has 76 valence electrons. The molecule has 0 aliphatic heterocycles. The average molecular weight is 209 g/mol. The first kappa shape index (κ1) is 9.71. The lowest BCUT2D eigenvalue weighted by Crippen LogP contribution is -2.34. The Kier molecular flexibility index (Phi) is 2.87. The maximum absolute atomic E-state index is 11.1. The fraction of sp³-hybridized carbons (Fsp3) is 0.545. The van der Waals surface area contributed by atoms with Crippen LogP contribution in [0.3, 0.4) is 0 Å². The predicted octanol–water partition coefficient (Wildman–Crippen LogP) is 2.70. The summed E-state index contributed by atoms with van der Waals surface area (Å²) in [7, 11) is 2.13. The summed E-state index contributed by atoms with van der Waals surface area (Å²) >= 11 is 1.77. The van der Waals surface area contributed by atoms with Crippen molar-refractivity contribution in [3.8, 4) is 0 Å². The molecular weight excluding hydrogens is 194 g/mol. The Morgan fingerprint density at radius 3 is 2.71 bits per heavy atom. The molecule has 1 heterocycles.